The molecule has 0 N–H and O–H groups in total. The predicted molar refractivity (Wildman–Crippen MR) is 94.2 cm³/mol. The first kappa shape index (κ1) is 16.3. The lowest BCUT2D eigenvalue weighted by atomic mass is 10.2. The van der Waals surface area contributed by atoms with Crippen molar-refractivity contribution < 1.29 is 13.9 Å². The first-order valence-electron chi connectivity index (χ1n) is 8.99. The van der Waals surface area contributed by atoms with E-state index in [-0.39, 0.29) is 6.29 Å². The Bertz CT molecular complexity index is 833. The van der Waals surface area contributed by atoms with E-state index in [4.69, 9.17) is 13.9 Å². The van der Waals surface area contributed by atoms with Gasteiger partial charge in [-0.2, -0.15) is 0 Å². The van der Waals surface area contributed by atoms with Gasteiger partial charge in [0.1, 0.15) is 5.69 Å². The van der Waals surface area contributed by atoms with Crippen molar-refractivity contribution in [3.05, 3.63) is 36.2 Å². The maximum absolute atomic E-state index is 5.87. The average molecular weight is 341 g/mol. The lowest BCUT2D eigenvalue weighted by Crippen LogP contribution is -2.26. The quantitative estimate of drug-likeness (QED) is 0.682. The van der Waals surface area contributed by atoms with E-state index < -0.39 is 0 Å². The molecule has 6 nitrogen and oxygen atoms in total. The number of aryl methyl sites for hydroxylation is 2. The van der Waals surface area contributed by atoms with Gasteiger partial charge in [-0.05, 0) is 25.0 Å². The zero-order valence-corrected chi connectivity index (χ0v) is 14.5. The molecule has 0 unspecified atom stereocenters. The highest BCUT2D eigenvalue weighted by atomic mass is 16.7. The average Bonchev–Trinajstić information content (AvgIpc) is 3.25. The lowest BCUT2D eigenvalue weighted by molar-refractivity contribution is -0.182. The van der Waals surface area contributed by atoms with Crippen LogP contribution in [0.1, 0.15) is 32.1 Å². The molecule has 0 amide bonds. The zero-order valence-electron chi connectivity index (χ0n) is 14.5. The molecule has 6 heteroatoms. The van der Waals surface area contributed by atoms with E-state index in [2.05, 4.69) is 39.9 Å². The smallest absolute Gasteiger partial charge is 0.264 e. The minimum atomic E-state index is -0.138. The Morgan fingerprint density at radius 2 is 2.00 bits per heavy atom. The third-order valence-corrected chi connectivity index (χ3v) is 4.44. The Morgan fingerprint density at radius 1 is 1.16 bits per heavy atom. The first-order chi connectivity index (χ1) is 12.3. The van der Waals surface area contributed by atoms with E-state index in [1.54, 1.807) is 0 Å². The molecule has 1 aliphatic rings. The van der Waals surface area contributed by atoms with Crippen LogP contribution in [0.2, 0.25) is 0 Å². The number of aromatic nitrogens is 3. The van der Waals surface area contributed by atoms with Crippen LogP contribution in [0.3, 0.4) is 0 Å². The minimum absolute atomic E-state index is 0.138. The molecule has 1 fully saturated rings. The fraction of sp³-hybridized carbons (Fsp3) is 0.474. The van der Waals surface area contributed by atoms with E-state index in [0.29, 0.717) is 11.8 Å². The molecule has 0 spiro atoms. The molecule has 1 saturated heterocycles. The lowest BCUT2D eigenvalue weighted by Gasteiger charge is -2.23. The van der Waals surface area contributed by atoms with Gasteiger partial charge in [-0.3, -0.25) is 0 Å². The van der Waals surface area contributed by atoms with Crippen LogP contribution < -0.4 is 0 Å². The molecule has 0 atom stereocenters. The van der Waals surface area contributed by atoms with Crippen molar-refractivity contribution in [1.29, 1.82) is 0 Å². The third-order valence-electron chi connectivity index (χ3n) is 4.44. The molecule has 3 aromatic rings. The summed E-state index contributed by atoms with van der Waals surface area (Å²) in [4.78, 5) is 0. The summed E-state index contributed by atoms with van der Waals surface area (Å²) < 4.78 is 19.5. The first-order valence-corrected chi connectivity index (χ1v) is 8.99. The van der Waals surface area contributed by atoms with E-state index in [0.717, 1.165) is 56.7 Å². The monoisotopic (exact) mass is 341 g/mol. The highest BCUT2D eigenvalue weighted by molar-refractivity contribution is 5.85. The summed E-state index contributed by atoms with van der Waals surface area (Å²) in [6.07, 6.45) is 3.41. The standard InChI is InChI=1S/C19H23N3O3/c1-2-6-17-20-21-19(25-17)16-13-14-7-3-4-8-15(14)22(16)10-9-18-23-11-5-12-24-18/h3-4,7-8,13,18H,2,5-6,9-12H2,1H3. The van der Waals surface area contributed by atoms with Crippen LogP contribution in [0.4, 0.5) is 0 Å². The van der Waals surface area contributed by atoms with Gasteiger partial charge in [0.2, 0.25) is 5.89 Å². The second-order valence-electron chi connectivity index (χ2n) is 6.30. The fourth-order valence-corrected chi connectivity index (χ4v) is 3.24. The molecule has 132 valence electrons. The summed E-state index contributed by atoms with van der Waals surface area (Å²) in [5, 5.41) is 9.58. The summed E-state index contributed by atoms with van der Waals surface area (Å²) in [5.74, 6) is 1.26. The van der Waals surface area contributed by atoms with Gasteiger partial charge in [0.15, 0.2) is 6.29 Å². The normalized spacial score (nSPS) is 15.9. The van der Waals surface area contributed by atoms with Crippen molar-refractivity contribution in [1.82, 2.24) is 14.8 Å². The summed E-state index contributed by atoms with van der Waals surface area (Å²) >= 11 is 0. The number of rotatable bonds is 6. The molecule has 1 aromatic carbocycles. The number of fused-ring (bicyclic) bond motifs is 1. The molecule has 0 saturated carbocycles. The second kappa shape index (κ2) is 7.37. The van der Waals surface area contributed by atoms with Crippen molar-refractivity contribution >= 4 is 10.9 Å². The Morgan fingerprint density at radius 3 is 2.84 bits per heavy atom. The summed E-state index contributed by atoms with van der Waals surface area (Å²) in [7, 11) is 0. The Balaban J connectivity index is 1.64. The highest BCUT2D eigenvalue weighted by Crippen LogP contribution is 2.28. The third kappa shape index (κ3) is 3.45. The molecule has 1 aliphatic heterocycles. The highest BCUT2D eigenvalue weighted by Gasteiger charge is 2.19. The van der Waals surface area contributed by atoms with Gasteiger partial charge in [-0.1, -0.05) is 25.1 Å². The van der Waals surface area contributed by atoms with Crippen molar-refractivity contribution in [2.75, 3.05) is 13.2 Å². The Labute approximate surface area is 146 Å². The molecule has 4 rings (SSSR count). The van der Waals surface area contributed by atoms with Gasteiger partial charge in [0.05, 0.1) is 13.2 Å². The van der Waals surface area contributed by atoms with Crippen molar-refractivity contribution in [3.8, 4) is 11.6 Å². The van der Waals surface area contributed by atoms with Crippen LogP contribution >= 0.6 is 0 Å². The fourth-order valence-electron chi connectivity index (χ4n) is 3.24. The van der Waals surface area contributed by atoms with Gasteiger partial charge in [0.25, 0.3) is 5.89 Å². The molecule has 0 bridgehead atoms. The number of ether oxygens (including phenoxy) is 2. The maximum atomic E-state index is 5.87. The number of hydrogen-bond acceptors (Lipinski definition) is 5. The number of para-hydroxylation sites is 1. The Hall–Kier alpha value is -2.18. The van der Waals surface area contributed by atoms with Gasteiger partial charge in [-0.25, -0.2) is 0 Å². The number of hydrogen-bond donors (Lipinski definition) is 0. The van der Waals surface area contributed by atoms with Crippen LogP contribution in [0.15, 0.2) is 34.7 Å². The summed E-state index contributed by atoms with van der Waals surface area (Å²) in [5.41, 5.74) is 2.11. The van der Waals surface area contributed by atoms with E-state index in [1.807, 2.05) is 12.1 Å². The summed E-state index contributed by atoms with van der Waals surface area (Å²) in [6.45, 7) is 4.42. The topological polar surface area (TPSA) is 62.3 Å². The number of nitrogens with zero attached hydrogens (tertiary/aromatic N) is 3. The van der Waals surface area contributed by atoms with E-state index >= 15 is 0 Å². The van der Waals surface area contributed by atoms with Crippen LogP contribution in [-0.2, 0) is 22.4 Å². The van der Waals surface area contributed by atoms with Crippen LogP contribution in [0, 0.1) is 0 Å². The molecule has 0 aliphatic carbocycles. The SMILES string of the molecule is CCCc1nnc(-c2cc3ccccc3n2CCC2OCCCO2)o1. The van der Waals surface area contributed by atoms with Gasteiger partial charge < -0.3 is 18.5 Å². The number of benzene rings is 1. The van der Waals surface area contributed by atoms with E-state index in [1.165, 1.54) is 5.39 Å². The maximum Gasteiger partial charge on any atom is 0.264 e. The van der Waals surface area contributed by atoms with Crippen molar-refractivity contribution in [3.63, 3.8) is 0 Å². The van der Waals surface area contributed by atoms with Crippen LogP contribution in [-0.4, -0.2) is 34.3 Å². The zero-order chi connectivity index (χ0) is 17.1. The molecular formula is C19H23N3O3. The van der Waals surface area contributed by atoms with Gasteiger partial charge >= 0.3 is 0 Å². The van der Waals surface area contributed by atoms with Crippen LogP contribution in [0.25, 0.3) is 22.5 Å². The van der Waals surface area contributed by atoms with Crippen LogP contribution in [0.5, 0.6) is 0 Å². The molecule has 25 heavy (non-hydrogen) atoms. The van der Waals surface area contributed by atoms with Gasteiger partial charge in [-0.15, -0.1) is 10.2 Å². The second-order valence-corrected chi connectivity index (χ2v) is 6.30. The molecule has 2 aromatic heterocycles. The molecule has 0 radical (unpaired) electrons. The van der Waals surface area contributed by atoms with Crippen molar-refractivity contribution in [2.45, 2.75) is 45.4 Å². The largest absolute Gasteiger partial charge is 0.419 e. The molecular weight excluding hydrogens is 318 g/mol. The minimum Gasteiger partial charge on any atom is -0.419 e. The van der Waals surface area contributed by atoms with Gasteiger partial charge in [0, 0.05) is 30.3 Å². The van der Waals surface area contributed by atoms with Crippen molar-refractivity contribution in [2.24, 2.45) is 0 Å². The Kier molecular flexibility index (Phi) is 4.81. The van der Waals surface area contributed by atoms with E-state index in [9.17, 15) is 0 Å². The predicted octanol–water partition coefficient (Wildman–Crippen LogP) is 3.80. The molecule has 3 heterocycles. The summed E-state index contributed by atoms with van der Waals surface area (Å²) in [6, 6.07) is 10.4.